The summed E-state index contributed by atoms with van der Waals surface area (Å²) in [7, 11) is -4.67. The summed E-state index contributed by atoms with van der Waals surface area (Å²) < 4.78 is 34.5. The molecule has 0 bridgehead atoms. The molecular formula is C22H45NaO4S. The van der Waals surface area contributed by atoms with Crippen molar-refractivity contribution in [1.82, 2.24) is 0 Å². The molecule has 0 heterocycles. The maximum atomic E-state index is 11.5. The summed E-state index contributed by atoms with van der Waals surface area (Å²) in [5.74, 6) is 0. The molecule has 0 aliphatic rings. The van der Waals surface area contributed by atoms with E-state index in [2.05, 4.69) is 13.8 Å². The summed E-state index contributed by atoms with van der Waals surface area (Å²) in [6.07, 6.45) is 19.2. The fourth-order valence-corrected chi connectivity index (χ4v) is 4.41. The molecule has 1 unspecified atom stereocenters. The number of unbranched alkanes of at least 4 members (excludes halogenated alkanes) is 15. The van der Waals surface area contributed by atoms with Crippen molar-refractivity contribution < 1.29 is 47.6 Å². The minimum absolute atomic E-state index is 0. The molecule has 0 saturated carbocycles. The Morgan fingerprint density at radius 3 is 1.11 bits per heavy atom. The minimum Gasteiger partial charge on any atom is -0.746 e. The van der Waals surface area contributed by atoms with Gasteiger partial charge in [0.15, 0.2) is 4.93 Å². The van der Waals surface area contributed by atoms with Gasteiger partial charge >= 0.3 is 29.6 Å². The molecule has 0 aromatic carbocycles. The maximum absolute atomic E-state index is 11.5. The first-order chi connectivity index (χ1) is 12.9. The predicted molar refractivity (Wildman–Crippen MR) is 114 cm³/mol. The van der Waals surface area contributed by atoms with Gasteiger partial charge < -0.3 is 9.66 Å². The van der Waals surface area contributed by atoms with Gasteiger partial charge in [-0.05, 0) is 25.7 Å². The van der Waals surface area contributed by atoms with Crippen LogP contribution in [0.2, 0.25) is 0 Å². The molecule has 0 saturated heterocycles. The second kappa shape index (κ2) is 19.8. The standard InChI is InChI=1S/C22H46O4S.Na/c1-3-5-7-9-10-11-12-13-14-15-17-19-21-22(23,27(24,25)26)20-18-16-8-6-4-2;/h23H,3-21H2,1-2H3,(H,24,25,26);/q;+1/p-1. The molecule has 164 valence electrons. The fourth-order valence-electron chi connectivity index (χ4n) is 3.62. The molecule has 0 spiro atoms. The van der Waals surface area contributed by atoms with Crippen LogP contribution in [0.1, 0.15) is 136 Å². The van der Waals surface area contributed by atoms with Gasteiger partial charge in [0.25, 0.3) is 0 Å². The topological polar surface area (TPSA) is 77.4 Å². The first kappa shape index (κ1) is 31.1. The summed E-state index contributed by atoms with van der Waals surface area (Å²) in [5.41, 5.74) is 0. The Balaban J connectivity index is 0. The Labute approximate surface area is 197 Å². The quantitative estimate of drug-likeness (QED) is 0.182. The van der Waals surface area contributed by atoms with Crippen LogP contribution in [0.15, 0.2) is 0 Å². The zero-order chi connectivity index (χ0) is 20.4. The average Bonchev–Trinajstić information content (AvgIpc) is 2.61. The van der Waals surface area contributed by atoms with Crippen LogP contribution in [0.4, 0.5) is 0 Å². The van der Waals surface area contributed by atoms with Crippen molar-refractivity contribution in [2.45, 2.75) is 141 Å². The van der Waals surface area contributed by atoms with Crippen molar-refractivity contribution in [3.05, 3.63) is 0 Å². The van der Waals surface area contributed by atoms with E-state index < -0.39 is 15.1 Å². The predicted octanol–water partition coefficient (Wildman–Crippen LogP) is 3.68. The second-order valence-electron chi connectivity index (χ2n) is 8.20. The largest absolute Gasteiger partial charge is 1.00 e. The summed E-state index contributed by atoms with van der Waals surface area (Å²) in [5, 5.41) is 10.4. The minimum atomic E-state index is -4.67. The Hall–Kier alpha value is 0.870. The van der Waals surface area contributed by atoms with Crippen LogP contribution in [-0.2, 0) is 10.1 Å². The van der Waals surface area contributed by atoms with E-state index in [1.165, 1.54) is 51.4 Å². The van der Waals surface area contributed by atoms with Crippen molar-refractivity contribution in [1.29, 1.82) is 0 Å². The molecule has 28 heavy (non-hydrogen) atoms. The molecule has 0 rings (SSSR count). The molecule has 1 atom stereocenters. The van der Waals surface area contributed by atoms with Crippen molar-refractivity contribution in [2.75, 3.05) is 0 Å². The first-order valence-electron chi connectivity index (χ1n) is 11.5. The van der Waals surface area contributed by atoms with Crippen LogP contribution < -0.4 is 29.6 Å². The van der Waals surface area contributed by atoms with Gasteiger partial charge in [-0.25, -0.2) is 8.42 Å². The maximum Gasteiger partial charge on any atom is 1.00 e. The van der Waals surface area contributed by atoms with Gasteiger partial charge in [-0.1, -0.05) is 110 Å². The van der Waals surface area contributed by atoms with Crippen molar-refractivity contribution >= 4 is 10.1 Å². The third kappa shape index (κ3) is 16.6. The van der Waals surface area contributed by atoms with E-state index in [1.807, 2.05) is 0 Å². The van der Waals surface area contributed by atoms with Crippen LogP contribution >= 0.6 is 0 Å². The van der Waals surface area contributed by atoms with E-state index in [9.17, 15) is 18.1 Å². The summed E-state index contributed by atoms with van der Waals surface area (Å²) in [4.78, 5) is -2.06. The Morgan fingerprint density at radius 1 is 0.607 bits per heavy atom. The van der Waals surface area contributed by atoms with Crippen LogP contribution in [0.5, 0.6) is 0 Å². The van der Waals surface area contributed by atoms with Crippen LogP contribution in [0, 0.1) is 0 Å². The van der Waals surface area contributed by atoms with Crippen LogP contribution in [-0.4, -0.2) is 23.0 Å². The summed E-state index contributed by atoms with van der Waals surface area (Å²) >= 11 is 0. The Morgan fingerprint density at radius 2 is 0.857 bits per heavy atom. The molecule has 0 aromatic rings. The molecule has 6 heteroatoms. The van der Waals surface area contributed by atoms with Gasteiger partial charge in [0.1, 0.15) is 10.1 Å². The Bertz CT molecular complexity index is 428. The molecule has 0 aromatic heterocycles. The van der Waals surface area contributed by atoms with Gasteiger partial charge in [-0.3, -0.25) is 0 Å². The van der Waals surface area contributed by atoms with E-state index in [0.29, 0.717) is 12.8 Å². The zero-order valence-corrected chi connectivity index (χ0v) is 21.8. The molecule has 1 N–H and O–H groups in total. The summed E-state index contributed by atoms with van der Waals surface area (Å²) in [6.45, 7) is 4.35. The van der Waals surface area contributed by atoms with Gasteiger partial charge in [-0.2, -0.15) is 0 Å². The third-order valence-corrected chi connectivity index (χ3v) is 6.90. The van der Waals surface area contributed by atoms with Crippen molar-refractivity contribution in [3.8, 4) is 0 Å². The van der Waals surface area contributed by atoms with E-state index in [-0.39, 0.29) is 42.4 Å². The third-order valence-electron chi connectivity index (χ3n) is 5.56. The molecule has 4 nitrogen and oxygen atoms in total. The normalized spacial score (nSPS) is 13.9. The van der Waals surface area contributed by atoms with Crippen molar-refractivity contribution in [3.63, 3.8) is 0 Å². The molecular weight excluding hydrogens is 383 g/mol. The second-order valence-corrected chi connectivity index (χ2v) is 9.87. The zero-order valence-electron chi connectivity index (χ0n) is 19.0. The first-order valence-corrected chi connectivity index (χ1v) is 13.0. The molecule has 0 amide bonds. The number of aliphatic hydroxyl groups is 1. The number of rotatable bonds is 20. The van der Waals surface area contributed by atoms with Gasteiger partial charge in [0.05, 0.1) is 0 Å². The summed E-state index contributed by atoms with van der Waals surface area (Å²) in [6, 6.07) is 0. The molecule has 0 fully saturated rings. The number of hydrogen-bond acceptors (Lipinski definition) is 4. The molecule has 0 aliphatic carbocycles. The molecule has 0 aliphatic heterocycles. The van der Waals surface area contributed by atoms with Gasteiger partial charge in [0, 0.05) is 0 Å². The number of hydrogen-bond donors (Lipinski definition) is 1. The monoisotopic (exact) mass is 428 g/mol. The SMILES string of the molecule is CCCCCCCCCCCCCCC(O)(CCCCCCC)S(=O)(=O)[O-].[Na+]. The van der Waals surface area contributed by atoms with E-state index >= 15 is 0 Å². The van der Waals surface area contributed by atoms with E-state index in [0.717, 1.165) is 44.9 Å². The smallest absolute Gasteiger partial charge is 0.746 e. The average molecular weight is 429 g/mol. The fraction of sp³-hybridized carbons (Fsp3) is 1.00. The molecule has 0 radical (unpaired) electrons. The van der Waals surface area contributed by atoms with E-state index in [4.69, 9.17) is 0 Å². The van der Waals surface area contributed by atoms with Crippen molar-refractivity contribution in [2.24, 2.45) is 0 Å². The van der Waals surface area contributed by atoms with Gasteiger partial charge in [0.2, 0.25) is 0 Å². The van der Waals surface area contributed by atoms with Gasteiger partial charge in [-0.15, -0.1) is 0 Å². The van der Waals surface area contributed by atoms with Crippen LogP contribution in [0.25, 0.3) is 0 Å². The van der Waals surface area contributed by atoms with Crippen LogP contribution in [0.3, 0.4) is 0 Å². The van der Waals surface area contributed by atoms with E-state index in [1.54, 1.807) is 0 Å². The Kier molecular flexibility index (Phi) is 22.0.